The van der Waals surface area contributed by atoms with Crippen LogP contribution in [0.1, 0.15) is 20.8 Å². The predicted molar refractivity (Wildman–Crippen MR) is 94.7 cm³/mol. The van der Waals surface area contributed by atoms with Crippen LogP contribution in [0.4, 0.5) is 0 Å². The van der Waals surface area contributed by atoms with Crippen molar-refractivity contribution >= 4 is 16.0 Å². The molecule has 0 unspecified atom stereocenters. The molecular formula is C18H23NO5S. The van der Waals surface area contributed by atoms with Crippen LogP contribution in [0.15, 0.2) is 53.0 Å². The van der Waals surface area contributed by atoms with Crippen LogP contribution < -0.4 is 9.46 Å². The molecule has 0 fully saturated rings. The lowest BCUT2D eigenvalue weighted by Crippen LogP contribution is -2.39. The Kier molecular flexibility index (Phi) is 6.39. The first kappa shape index (κ1) is 19.2. The molecule has 7 heteroatoms. The summed E-state index contributed by atoms with van der Waals surface area (Å²) in [6.45, 7) is 5.97. The topological polar surface area (TPSA) is 81.7 Å². The van der Waals surface area contributed by atoms with Crippen molar-refractivity contribution in [2.45, 2.75) is 31.7 Å². The van der Waals surface area contributed by atoms with Gasteiger partial charge in [0, 0.05) is 0 Å². The fraction of sp³-hybridized carbons (Fsp3) is 0.389. The van der Waals surface area contributed by atoms with E-state index < -0.39 is 22.0 Å². The number of esters is 1. The molecule has 0 heterocycles. The van der Waals surface area contributed by atoms with Crippen LogP contribution in [-0.2, 0) is 19.6 Å². The Morgan fingerprint density at radius 1 is 1.16 bits per heavy atom. The molecule has 0 saturated carbocycles. The van der Waals surface area contributed by atoms with Crippen molar-refractivity contribution in [2.75, 3.05) is 13.2 Å². The molecule has 1 aliphatic rings. The van der Waals surface area contributed by atoms with E-state index in [-0.39, 0.29) is 17.4 Å². The van der Waals surface area contributed by atoms with Crippen molar-refractivity contribution in [3.8, 4) is 5.75 Å². The highest BCUT2D eigenvalue weighted by molar-refractivity contribution is 7.89. The van der Waals surface area contributed by atoms with Crippen LogP contribution in [0, 0.1) is 5.92 Å². The van der Waals surface area contributed by atoms with Crippen LogP contribution in [0.3, 0.4) is 0 Å². The molecule has 25 heavy (non-hydrogen) atoms. The summed E-state index contributed by atoms with van der Waals surface area (Å²) in [6, 6.07) is 5.08. The van der Waals surface area contributed by atoms with E-state index in [1.165, 1.54) is 19.1 Å². The second kappa shape index (κ2) is 8.31. The largest absolute Gasteiger partial charge is 0.489 e. The summed E-state index contributed by atoms with van der Waals surface area (Å²) in [5.41, 5.74) is 1.08. The zero-order valence-electron chi connectivity index (χ0n) is 14.6. The molecule has 0 amide bonds. The molecule has 0 aliphatic heterocycles. The van der Waals surface area contributed by atoms with Gasteiger partial charge in [-0.25, -0.2) is 8.42 Å². The zero-order valence-corrected chi connectivity index (χ0v) is 15.4. The second-order valence-corrected chi connectivity index (χ2v) is 7.94. The van der Waals surface area contributed by atoms with Gasteiger partial charge in [-0.05, 0) is 42.7 Å². The average Bonchev–Trinajstić information content (AvgIpc) is 2.51. The minimum absolute atomic E-state index is 0.0612. The quantitative estimate of drug-likeness (QED) is 0.680. The van der Waals surface area contributed by atoms with Gasteiger partial charge in [0.2, 0.25) is 10.0 Å². The van der Waals surface area contributed by atoms with E-state index in [0.717, 1.165) is 5.57 Å². The fourth-order valence-electron chi connectivity index (χ4n) is 1.93. The van der Waals surface area contributed by atoms with E-state index in [2.05, 4.69) is 4.72 Å². The SMILES string of the molecule is CC(C)COC(=O)[C@H](C)NS(=O)(=O)c1ccc(OCC2=CC=C2)cc1. The van der Waals surface area contributed by atoms with Gasteiger partial charge in [-0.15, -0.1) is 0 Å². The summed E-state index contributed by atoms with van der Waals surface area (Å²) in [4.78, 5) is 11.9. The number of nitrogens with one attached hydrogen (secondary N) is 1. The molecule has 2 rings (SSSR count). The Balaban J connectivity index is 1.92. The highest BCUT2D eigenvalue weighted by atomic mass is 32.2. The molecule has 1 atom stereocenters. The van der Waals surface area contributed by atoms with E-state index in [1.54, 1.807) is 12.1 Å². The first-order valence-corrected chi connectivity index (χ1v) is 9.55. The average molecular weight is 365 g/mol. The van der Waals surface area contributed by atoms with Crippen LogP contribution in [0.2, 0.25) is 0 Å². The van der Waals surface area contributed by atoms with E-state index >= 15 is 0 Å². The monoisotopic (exact) mass is 365 g/mol. The molecule has 1 aromatic carbocycles. The van der Waals surface area contributed by atoms with Crippen molar-refractivity contribution in [1.29, 1.82) is 0 Å². The van der Waals surface area contributed by atoms with Gasteiger partial charge in [0.1, 0.15) is 18.4 Å². The van der Waals surface area contributed by atoms with Crippen LogP contribution in [0.5, 0.6) is 5.75 Å². The van der Waals surface area contributed by atoms with Crippen LogP contribution in [-0.4, -0.2) is 33.6 Å². The fourth-order valence-corrected chi connectivity index (χ4v) is 3.13. The Labute approximate surface area is 148 Å². The lowest BCUT2D eigenvalue weighted by Gasteiger charge is -2.15. The summed E-state index contributed by atoms with van der Waals surface area (Å²) in [6.07, 6.45) is 5.82. The Morgan fingerprint density at radius 2 is 1.80 bits per heavy atom. The smallest absolute Gasteiger partial charge is 0.323 e. The molecule has 0 saturated heterocycles. The van der Waals surface area contributed by atoms with Gasteiger partial charge in [0.15, 0.2) is 0 Å². The summed E-state index contributed by atoms with van der Waals surface area (Å²) in [5.74, 6) is 0.162. The number of rotatable bonds is 9. The number of ether oxygens (including phenoxy) is 2. The van der Waals surface area contributed by atoms with Crippen LogP contribution in [0.25, 0.3) is 0 Å². The standard InChI is InChI=1S/C18H23NO5S/c1-13(2)11-24-18(20)14(3)19-25(21,22)17-9-7-16(8-10-17)23-12-15-5-4-6-15/h4-10,13-14,19H,11-12H2,1-3H3/t14-/m0/s1. The zero-order chi connectivity index (χ0) is 18.4. The summed E-state index contributed by atoms with van der Waals surface area (Å²) < 4.78 is 37.6. The number of sulfonamides is 1. The predicted octanol–water partition coefficient (Wildman–Crippen LogP) is 2.43. The first-order chi connectivity index (χ1) is 11.8. The highest BCUT2D eigenvalue weighted by Crippen LogP contribution is 2.18. The van der Waals surface area contributed by atoms with Crippen molar-refractivity contribution in [3.05, 3.63) is 48.1 Å². The third-order valence-electron chi connectivity index (χ3n) is 3.40. The van der Waals surface area contributed by atoms with Gasteiger partial charge in [0.05, 0.1) is 11.5 Å². The number of allylic oxidation sites excluding steroid dienone is 2. The number of hydrogen-bond donors (Lipinski definition) is 1. The van der Waals surface area contributed by atoms with Crippen LogP contribution >= 0.6 is 0 Å². The minimum Gasteiger partial charge on any atom is -0.489 e. The number of carbonyl (C=O) groups is 1. The third kappa shape index (κ3) is 5.72. The van der Waals surface area contributed by atoms with Gasteiger partial charge < -0.3 is 9.47 Å². The maximum atomic E-state index is 12.3. The molecule has 0 radical (unpaired) electrons. The van der Waals surface area contributed by atoms with Gasteiger partial charge >= 0.3 is 5.97 Å². The van der Waals surface area contributed by atoms with E-state index in [1.807, 2.05) is 32.1 Å². The minimum atomic E-state index is -3.81. The van der Waals surface area contributed by atoms with Gasteiger partial charge in [-0.2, -0.15) is 4.72 Å². The number of carbonyl (C=O) groups excluding carboxylic acids is 1. The lowest BCUT2D eigenvalue weighted by molar-refractivity contribution is -0.146. The summed E-state index contributed by atoms with van der Waals surface area (Å²) in [5, 5.41) is 0. The molecular weight excluding hydrogens is 342 g/mol. The molecule has 1 N–H and O–H groups in total. The van der Waals surface area contributed by atoms with Gasteiger partial charge in [-0.3, -0.25) is 4.79 Å². The number of hydrogen-bond acceptors (Lipinski definition) is 5. The van der Waals surface area contributed by atoms with Crippen molar-refractivity contribution in [3.63, 3.8) is 0 Å². The second-order valence-electron chi connectivity index (χ2n) is 6.23. The maximum absolute atomic E-state index is 12.3. The van der Waals surface area contributed by atoms with Crippen molar-refractivity contribution in [2.24, 2.45) is 5.92 Å². The van der Waals surface area contributed by atoms with E-state index in [4.69, 9.17) is 9.47 Å². The Hall–Kier alpha value is -2.12. The van der Waals surface area contributed by atoms with Gasteiger partial charge in [-0.1, -0.05) is 32.1 Å². The lowest BCUT2D eigenvalue weighted by atomic mass is 10.1. The Morgan fingerprint density at radius 3 is 2.32 bits per heavy atom. The molecule has 0 aromatic heterocycles. The first-order valence-electron chi connectivity index (χ1n) is 8.07. The normalized spacial score (nSPS) is 14.6. The molecule has 1 aliphatic carbocycles. The van der Waals surface area contributed by atoms with Crippen molar-refractivity contribution < 1.29 is 22.7 Å². The molecule has 6 nitrogen and oxygen atoms in total. The highest BCUT2D eigenvalue weighted by Gasteiger charge is 2.23. The van der Waals surface area contributed by atoms with E-state index in [9.17, 15) is 13.2 Å². The third-order valence-corrected chi connectivity index (χ3v) is 4.96. The molecule has 0 bridgehead atoms. The molecule has 0 spiro atoms. The number of benzene rings is 1. The summed E-state index contributed by atoms with van der Waals surface area (Å²) in [7, 11) is -3.81. The Bertz CT molecular complexity index is 763. The van der Waals surface area contributed by atoms with Crippen molar-refractivity contribution in [1.82, 2.24) is 4.72 Å². The molecule has 1 aromatic rings. The molecule has 136 valence electrons. The van der Waals surface area contributed by atoms with E-state index in [0.29, 0.717) is 12.4 Å². The maximum Gasteiger partial charge on any atom is 0.323 e. The summed E-state index contributed by atoms with van der Waals surface area (Å²) >= 11 is 0. The van der Waals surface area contributed by atoms with Gasteiger partial charge in [0.25, 0.3) is 0 Å².